The van der Waals surface area contributed by atoms with E-state index in [2.05, 4.69) is 34.2 Å². The van der Waals surface area contributed by atoms with Crippen molar-refractivity contribution in [2.45, 2.75) is 24.8 Å². The fraction of sp³-hybridized carbons (Fsp3) is 0.286. The zero-order valence-electron chi connectivity index (χ0n) is 9.58. The summed E-state index contributed by atoms with van der Waals surface area (Å²) < 4.78 is 0. The van der Waals surface area contributed by atoms with Crippen LogP contribution in [0.2, 0.25) is 0 Å². The standard InChI is InChI=1S/C14H15N3/c15-14(13-9-16-7-8-17-13)12-6-5-10-3-1-2-4-11(10)12/h1-4,7-9,12,14H,5-6,15H2. The van der Waals surface area contributed by atoms with Crippen molar-refractivity contribution >= 4 is 0 Å². The Hall–Kier alpha value is -1.74. The number of hydrogen-bond donors (Lipinski definition) is 1. The monoisotopic (exact) mass is 225 g/mol. The highest BCUT2D eigenvalue weighted by atomic mass is 14.8. The fourth-order valence-electron chi connectivity index (χ4n) is 2.65. The first kappa shape index (κ1) is 10.4. The summed E-state index contributed by atoms with van der Waals surface area (Å²) in [7, 11) is 0. The van der Waals surface area contributed by atoms with Crippen LogP contribution in [0.25, 0.3) is 0 Å². The van der Waals surface area contributed by atoms with Crippen LogP contribution in [0.4, 0.5) is 0 Å². The number of hydrogen-bond acceptors (Lipinski definition) is 3. The number of nitrogens with zero attached hydrogens (tertiary/aromatic N) is 2. The molecule has 0 amide bonds. The second kappa shape index (κ2) is 4.26. The van der Waals surface area contributed by atoms with Gasteiger partial charge in [-0.1, -0.05) is 24.3 Å². The predicted octanol–water partition coefficient (Wildman–Crippen LogP) is 2.21. The predicted molar refractivity (Wildman–Crippen MR) is 66.5 cm³/mol. The topological polar surface area (TPSA) is 51.8 Å². The molecule has 3 nitrogen and oxygen atoms in total. The van der Waals surface area contributed by atoms with E-state index in [1.807, 2.05) is 0 Å². The summed E-state index contributed by atoms with van der Waals surface area (Å²) in [4.78, 5) is 8.40. The number of nitrogens with two attached hydrogens (primary N) is 1. The third-order valence-electron chi connectivity index (χ3n) is 3.54. The molecule has 0 fully saturated rings. The first-order valence-electron chi connectivity index (χ1n) is 5.95. The van der Waals surface area contributed by atoms with Crippen LogP contribution in [0.5, 0.6) is 0 Å². The lowest BCUT2D eigenvalue weighted by Gasteiger charge is -2.19. The highest BCUT2D eigenvalue weighted by molar-refractivity contribution is 5.36. The third kappa shape index (κ3) is 1.83. The minimum absolute atomic E-state index is 0.0488. The Morgan fingerprint density at radius 1 is 1.24 bits per heavy atom. The van der Waals surface area contributed by atoms with Crippen LogP contribution in [0.3, 0.4) is 0 Å². The van der Waals surface area contributed by atoms with E-state index in [9.17, 15) is 0 Å². The molecule has 1 aliphatic carbocycles. The van der Waals surface area contributed by atoms with Crippen LogP contribution in [-0.4, -0.2) is 9.97 Å². The van der Waals surface area contributed by atoms with Crippen molar-refractivity contribution in [1.82, 2.24) is 9.97 Å². The lowest BCUT2D eigenvalue weighted by molar-refractivity contribution is 0.537. The molecule has 86 valence electrons. The van der Waals surface area contributed by atoms with Crippen molar-refractivity contribution in [2.75, 3.05) is 0 Å². The van der Waals surface area contributed by atoms with Gasteiger partial charge in [0.25, 0.3) is 0 Å². The zero-order valence-corrected chi connectivity index (χ0v) is 9.58. The Balaban J connectivity index is 1.92. The first-order valence-corrected chi connectivity index (χ1v) is 5.95. The van der Waals surface area contributed by atoms with E-state index >= 15 is 0 Å². The van der Waals surface area contributed by atoms with Crippen molar-refractivity contribution in [1.29, 1.82) is 0 Å². The van der Waals surface area contributed by atoms with Gasteiger partial charge in [-0.2, -0.15) is 0 Å². The molecule has 0 radical (unpaired) electrons. The summed E-state index contributed by atoms with van der Waals surface area (Å²) in [5.74, 6) is 0.378. The Labute approximate surface area is 101 Å². The molecule has 1 heterocycles. The van der Waals surface area contributed by atoms with Gasteiger partial charge in [-0.05, 0) is 24.0 Å². The second-order valence-corrected chi connectivity index (χ2v) is 4.50. The lowest BCUT2D eigenvalue weighted by atomic mass is 9.92. The molecule has 17 heavy (non-hydrogen) atoms. The molecule has 3 rings (SSSR count). The normalized spacial score (nSPS) is 19.9. The largest absolute Gasteiger partial charge is 0.322 e. The summed E-state index contributed by atoms with van der Waals surface area (Å²) >= 11 is 0. The van der Waals surface area contributed by atoms with Gasteiger partial charge in [0.15, 0.2) is 0 Å². The van der Waals surface area contributed by atoms with E-state index in [1.54, 1.807) is 18.6 Å². The maximum Gasteiger partial charge on any atom is 0.0760 e. The van der Waals surface area contributed by atoms with Crippen molar-refractivity contribution < 1.29 is 0 Å². The highest BCUT2D eigenvalue weighted by Gasteiger charge is 2.28. The van der Waals surface area contributed by atoms with E-state index in [-0.39, 0.29) is 6.04 Å². The quantitative estimate of drug-likeness (QED) is 0.852. The van der Waals surface area contributed by atoms with Gasteiger partial charge in [-0.25, -0.2) is 0 Å². The Morgan fingerprint density at radius 2 is 2.12 bits per heavy atom. The van der Waals surface area contributed by atoms with Crippen LogP contribution >= 0.6 is 0 Å². The SMILES string of the molecule is NC(c1cnccn1)C1CCc2ccccc21. The minimum Gasteiger partial charge on any atom is -0.322 e. The number of aryl methyl sites for hydroxylation is 1. The molecule has 1 aromatic heterocycles. The molecule has 0 bridgehead atoms. The molecule has 2 N–H and O–H groups in total. The Morgan fingerprint density at radius 3 is 2.94 bits per heavy atom. The molecule has 1 aliphatic rings. The van der Waals surface area contributed by atoms with Crippen molar-refractivity contribution in [2.24, 2.45) is 5.73 Å². The van der Waals surface area contributed by atoms with Gasteiger partial charge < -0.3 is 5.73 Å². The fourth-order valence-corrected chi connectivity index (χ4v) is 2.65. The molecular formula is C14H15N3. The van der Waals surface area contributed by atoms with Gasteiger partial charge in [0.1, 0.15) is 0 Å². The molecule has 3 heteroatoms. The molecular weight excluding hydrogens is 210 g/mol. The van der Waals surface area contributed by atoms with Crippen molar-refractivity contribution in [3.05, 3.63) is 59.7 Å². The van der Waals surface area contributed by atoms with Gasteiger partial charge in [0.05, 0.1) is 11.7 Å². The second-order valence-electron chi connectivity index (χ2n) is 4.50. The van der Waals surface area contributed by atoms with Crippen molar-refractivity contribution in [3.8, 4) is 0 Å². The van der Waals surface area contributed by atoms with Crippen molar-refractivity contribution in [3.63, 3.8) is 0 Å². The summed E-state index contributed by atoms with van der Waals surface area (Å²) in [6, 6.07) is 8.50. The maximum atomic E-state index is 6.31. The van der Waals surface area contributed by atoms with Gasteiger partial charge >= 0.3 is 0 Å². The molecule has 0 spiro atoms. The van der Waals surface area contributed by atoms with Crippen LogP contribution in [0, 0.1) is 0 Å². The number of rotatable bonds is 2. The van der Waals surface area contributed by atoms with Gasteiger partial charge in [0.2, 0.25) is 0 Å². The molecule has 0 aliphatic heterocycles. The summed E-state index contributed by atoms with van der Waals surface area (Å²) in [5, 5.41) is 0. The molecule has 2 atom stereocenters. The summed E-state index contributed by atoms with van der Waals surface area (Å²) in [5.41, 5.74) is 10.0. The minimum atomic E-state index is -0.0488. The van der Waals surface area contributed by atoms with Gasteiger partial charge in [-0.3, -0.25) is 9.97 Å². The number of benzene rings is 1. The van der Waals surface area contributed by atoms with Crippen LogP contribution in [0.1, 0.15) is 35.2 Å². The molecule has 0 saturated heterocycles. The maximum absolute atomic E-state index is 6.31. The van der Waals surface area contributed by atoms with E-state index in [0.717, 1.165) is 18.5 Å². The summed E-state index contributed by atoms with van der Waals surface area (Å²) in [6.07, 6.45) is 7.38. The molecule has 0 saturated carbocycles. The van der Waals surface area contributed by atoms with Gasteiger partial charge in [0, 0.05) is 24.5 Å². The van der Waals surface area contributed by atoms with E-state index in [4.69, 9.17) is 5.73 Å². The van der Waals surface area contributed by atoms with Crippen LogP contribution in [0.15, 0.2) is 42.9 Å². The molecule has 1 aromatic carbocycles. The lowest BCUT2D eigenvalue weighted by Crippen LogP contribution is -2.19. The molecule has 2 unspecified atom stereocenters. The van der Waals surface area contributed by atoms with E-state index in [0.29, 0.717) is 5.92 Å². The molecule has 2 aromatic rings. The Bertz CT molecular complexity index is 510. The average molecular weight is 225 g/mol. The van der Waals surface area contributed by atoms with Crippen LogP contribution < -0.4 is 5.73 Å². The highest BCUT2D eigenvalue weighted by Crippen LogP contribution is 2.39. The average Bonchev–Trinajstić information content (AvgIpc) is 2.83. The van der Waals surface area contributed by atoms with Gasteiger partial charge in [-0.15, -0.1) is 0 Å². The zero-order chi connectivity index (χ0) is 11.7. The van der Waals surface area contributed by atoms with Crippen LogP contribution in [-0.2, 0) is 6.42 Å². The number of fused-ring (bicyclic) bond motifs is 1. The smallest absolute Gasteiger partial charge is 0.0760 e. The number of aromatic nitrogens is 2. The van der Waals surface area contributed by atoms with E-state index < -0.39 is 0 Å². The summed E-state index contributed by atoms with van der Waals surface area (Å²) in [6.45, 7) is 0. The van der Waals surface area contributed by atoms with E-state index in [1.165, 1.54) is 11.1 Å². The third-order valence-corrected chi connectivity index (χ3v) is 3.54. The Kier molecular flexibility index (Phi) is 2.61. The first-order chi connectivity index (χ1) is 8.36.